The molecule has 0 saturated heterocycles. The Hall–Kier alpha value is -2.71. The van der Waals surface area contributed by atoms with Gasteiger partial charge in [0.05, 0.1) is 6.10 Å². The van der Waals surface area contributed by atoms with Crippen LogP contribution in [0.25, 0.3) is 0 Å². The third-order valence-corrected chi connectivity index (χ3v) is 4.51. The van der Waals surface area contributed by atoms with E-state index in [0.717, 1.165) is 11.1 Å². The molecule has 1 N–H and O–H groups in total. The Labute approximate surface area is 148 Å². The lowest BCUT2D eigenvalue weighted by Gasteiger charge is -2.18. The van der Waals surface area contributed by atoms with Crippen molar-refractivity contribution in [3.05, 3.63) is 107 Å². The van der Waals surface area contributed by atoms with E-state index < -0.39 is 6.10 Å². The van der Waals surface area contributed by atoms with Crippen LogP contribution in [0.1, 0.15) is 52.4 Å². The number of carbonyl (C=O) groups excluding carboxylic acids is 1. The number of carbonyl (C=O) groups is 1. The molecule has 2 unspecified atom stereocenters. The zero-order valence-corrected chi connectivity index (χ0v) is 14.3. The van der Waals surface area contributed by atoms with Crippen molar-refractivity contribution < 1.29 is 9.90 Å². The molecule has 0 aliphatic rings. The van der Waals surface area contributed by atoms with E-state index in [1.807, 2.05) is 84.9 Å². The third kappa shape index (κ3) is 4.23. The zero-order valence-electron chi connectivity index (χ0n) is 14.3. The SMILES string of the molecule is CC(CC(O)c1ccccc1)c1cccc(C(=O)c2ccccc2)c1. The topological polar surface area (TPSA) is 37.3 Å². The number of aliphatic hydroxyl groups excluding tert-OH is 1. The molecule has 0 spiro atoms. The minimum atomic E-state index is -0.510. The Balaban J connectivity index is 1.76. The van der Waals surface area contributed by atoms with Crippen LogP contribution in [0.5, 0.6) is 0 Å². The molecule has 0 fully saturated rings. The van der Waals surface area contributed by atoms with E-state index >= 15 is 0 Å². The van der Waals surface area contributed by atoms with Crippen molar-refractivity contribution in [3.8, 4) is 0 Å². The Morgan fingerprint density at radius 1 is 0.800 bits per heavy atom. The minimum Gasteiger partial charge on any atom is -0.388 e. The quantitative estimate of drug-likeness (QED) is 0.635. The molecule has 0 aromatic heterocycles. The maximum Gasteiger partial charge on any atom is 0.193 e. The molecule has 126 valence electrons. The van der Waals surface area contributed by atoms with Gasteiger partial charge in [0.15, 0.2) is 5.78 Å². The van der Waals surface area contributed by atoms with E-state index in [4.69, 9.17) is 0 Å². The largest absolute Gasteiger partial charge is 0.388 e. The highest BCUT2D eigenvalue weighted by molar-refractivity contribution is 6.09. The highest BCUT2D eigenvalue weighted by Crippen LogP contribution is 2.28. The van der Waals surface area contributed by atoms with E-state index in [1.54, 1.807) is 0 Å². The molecule has 0 bridgehead atoms. The van der Waals surface area contributed by atoms with E-state index in [9.17, 15) is 9.90 Å². The Bertz CT molecular complexity index is 825. The van der Waals surface area contributed by atoms with Crippen LogP contribution in [0.15, 0.2) is 84.9 Å². The van der Waals surface area contributed by atoms with Gasteiger partial charge in [0.2, 0.25) is 0 Å². The summed E-state index contributed by atoms with van der Waals surface area (Å²) in [4.78, 5) is 12.6. The molecular weight excluding hydrogens is 308 g/mol. The van der Waals surface area contributed by atoms with Gasteiger partial charge in [-0.3, -0.25) is 4.79 Å². The van der Waals surface area contributed by atoms with Crippen LogP contribution in [-0.4, -0.2) is 10.9 Å². The molecule has 2 nitrogen and oxygen atoms in total. The first-order chi connectivity index (χ1) is 12.1. The van der Waals surface area contributed by atoms with Crippen molar-refractivity contribution in [1.29, 1.82) is 0 Å². The predicted octanol–water partition coefficient (Wildman–Crippen LogP) is 5.14. The van der Waals surface area contributed by atoms with Crippen molar-refractivity contribution in [2.75, 3.05) is 0 Å². The van der Waals surface area contributed by atoms with Gasteiger partial charge in [-0.05, 0) is 29.5 Å². The molecule has 0 amide bonds. The summed E-state index contributed by atoms with van der Waals surface area (Å²) in [5.41, 5.74) is 3.36. The summed E-state index contributed by atoms with van der Waals surface area (Å²) in [6.07, 6.45) is 0.108. The third-order valence-electron chi connectivity index (χ3n) is 4.51. The van der Waals surface area contributed by atoms with E-state index in [-0.39, 0.29) is 11.7 Å². The average Bonchev–Trinajstić information content (AvgIpc) is 2.68. The highest BCUT2D eigenvalue weighted by Gasteiger charge is 2.16. The van der Waals surface area contributed by atoms with Gasteiger partial charge in [-0.25, -0.2) is 0 Å². The summed E-state index contributed by atoms with van der Waals surface area (Å²) in [7, 11) is 0. The Kier molecular flexibility index (Phi) is 5.42. The molecule has 3 aromatic carbocycles. The highest BCUT2D eigenvalue weighted by atomic mass is 16.3. The van der Waals surface area contributed by atoms with Gasteiger partial charge in [0.1, 0.15) is 0 Å². The lowest BCUT2D eigenvalue weighted by Crippen LogP contribution is -2.06. The van der Waals surface area contributed by atoms with Gasteiger partial charge < -0.3 is 5.11 Å². The lowest BCUT2D eigenvalue weighted by molar-refractivity contribution is 0.103. The second-order valence-electron chi connectivity index (χ2n) is 6.38. The van der Waals surface area contributed by atoms with E-state index in [1.165, 1.54) is 0 Å². The van der Waals surface area contributed by atoms with Gasteiger partial charge in [-0.1, -0.05) is 85.8 Å². The summed E-state index contributed by atoms with van der Waals surface area (Å²) >= 11 is 0. The molecule has 0 saturated carbocycles. The van der Waals surface area contributed by atoms with Crippen LogP contribution in [0, 0.1) is 0 Å². The number of ketones is 1. The number of benzene rings is 3. The van der Waals surface area contributed by atoms with E-state index in [0.29, 0.717) is 17.5 Å². The standard InChI is InChI=1S/C23H22O2/c1-17(15-22(24)18-9-4-2-5-10-18)20-13-8-14-21(16-20)23(25)19-11-6-3-7-12-19/h2-14,16-17,22,24H,15H2,1H3. The van der Waals surface area contributed by atoms with Gasteiger partial charge >= 0.3 is 0 Å². The summed E-state index contributed by atoms with van der Waals surface area (Å²) < 4.78 is 0. The van der Waals surface area contributed by atoms with Gasteiger partial charge in [-0.2, -0.15) is 0 Å². The van der Waals surface area contributed by atoms with Crippen molar-refractivity contribution in [1.82, 2.24) is 0 Å². The number of aliphatic hydroxyl groups is 1. The maximum atomic E-state index is 12.6. The molecule has 0 aliphatic heterocycles. The number of hydrogen-bond donors (Lipinski definition) is 1. The number of rotatable bonds is 6. The molecule has 2 atom stereocenters. The van der Waals surface area contributed by atoms with Crippen molar-refractivity contribution in [2.24, 2.45) is 0 Å². The monoisotopic (exact) mass is 330 g/mol. The minimum absolute atomic E-state index is 0.0262. The molecule has 2 heteroatoms. The molecular formula is C23H22O2. The van der Waals surface area contributed by atoms with Gasteiger partial charge in [0.25, 0.3) is 0 Å². The molecule has 0 heterocycles. The molecule has 0 radical (unpaired) electrons. The van der Waals surface area contributed by atoms with Crippen molar-refractivity contribution >= 4 is 5.78 Å². The van der Waals surface area contributed by atoms with Gasteiger partial charge in [-0.15, -0.1) is 0 Å². The van der Waals surface area contributed by atoms with E-state index in [2.05, 4.69) is 6.92 Å². The Morgan fingerprint density at radius 3 is 2.04 bits per heavy atom. The van der Waals surface area contributed by atoms with Crippen LogP contribution in [-0.2, 0) is 0 Å². The van der Waals surface area contributed by atoms with Crippen molar-refractivity contribution in [2.45, 2.75) is 25.4 Å². The van der Waals surface area contributed by atoms with Crippen LogP contribution in [0.2, 0.25) is 0 Å². The summed E-state index contributed by atoms with van der Waals surface area (Å²) in [6, 6.07) is 26.7. The fourth-order valence-electron chi connectivity index (χ4n) is 3.02. The first-order valence-electron chi connectivity index (χ1n) is 8.58. The lowest BCUT2D eigenvalue weighted by atomic mass is 9.90. The van der Waals surface area contributed by atoms with Gasteiger partial charge in [0, 0.05) is 11.1 Å². The van der Waals surface area contributed by atoms with Crippen molar-refractivity contribution in [3.63, 3.8) is 0 Å². The maximum absolute atomic E-state index is 12.6. The molecule has 3 rings (SSSR count). The first kappa shape index (κ1) is 17.1. The van der Waals surface area contributed by atoms with Crippen LogP contribution >= 0.6 is 0 Å². The smallest absolute Gasteiger partial charge is 0.193 e. The zero-order chi connectivity index (χ0) is 17.6. The molecule has 3 aromatic rings. The Morgan fingerprint density at radius 2 is 1.36 bits per heavy atom. The fourth-order valence-corrected chi connectivity index (χ4v) is 3.02. The number of hydrogen-bond acceptors (Lipinski definition) is 2. The average molecular weight is 330 g/mol. The second-order valence-corrected chi connectivity index (χ2v) is 6.38. The van der Waals surface area contributed by atoms with Crippen LogP contribution < -0.4 is 0 Å². The summed E-state index contributed by atoms with van der Waals surface area (Å²) in [5.74, 6) is 0.178. The fraction of sp³-hybridized carbons (Fsp3) is 0.174. The second kappa shape index (κ2) is 7.91. The molecule has 0 aliphatic carbocycles. The first-order valence-corrected chi connectivity index (χ1v) is 8.58. The van der Waals surface area contributed by atoms with Crippen LogP contribution in [0.3, 0.4) is 0 Å². The summed E-state index contributed by atoms with van der Waals surface area (Å²) in [5, 5.41) is 10.4. The predicted molar refractivity (Wildman–Crippen MR) is 101 cm³/mol. The normalized spacial score (nSPS) is 13.2. The van der Waals surface area contributed by atoms with Crippen LogP contribution in [0.4, 0.5) is 0 Å². The molecule has 25 heavy (non-hydrogen) atoms. The summed E-state index contributed by atoms with van der Waals surface area (Å²) in [6.45, 7) is 2.08.